The van der Waals surface area contributed by atoms with Gasteiger partial charge in [0.1, 0.15) is 5.52 Å². The quantitative estimate of drug-likeness (QED) is 0.714. The summed E-state index contributed by atoms with van der Waals surface area (Å²) in [6, 6.07) is 3.87. The maximum absolute atomic E-state index is 4.26. The Morgan fingerprint density at radius 2 is 2.38 bits per heavy atom. The highest BCUT2D eigenvalue weighted by Crippen LogP contribution is 2.10. The smallest absolute Gasteiger partial charge is 0.160 e. The van der Waals surface area contributed by atoms with E-state index in [1.54, 1.807) is 6.20 Å². The summed E-state index contributed by atoms with van der Waals surface area (Å²) in [6.45, 7) is 4.27. The Morgan fingerprint density at radius 3 is 3.23 bits per heavy atom. The third-order valence-electron chi connectivity index (χ3n) is 1.95. The third kappa shape index (κ3) is 1.54. The number of pyridine rings is 1. The number of imidazole rings is 1. The zero-order chi connectivity index (χ0) is 9.10. The molecule has 1 radical (unpaired) electrons. The second-order valence-corrected chi connectivity index (χ2v) is 2.97. The topological polar surface area (TPSA) is 30.7 Å². The number of fused-ring (bicyclic) bond motifs is 1. The van der Waals surface area contributed by atoms with Crippen molar-refractivity contribution in [2.75, 3.05) is 0 Å². The number of rotatable bonds is 3. The van der Waals surface area contributed by atoms with Crippen LogP contribution in [0.15, 0.2) is 24.7 Å². The number of unbranched alkanes of at least 4 members (excludes halogenated alkanes) is 1. The van der Waals surface area contributed by atoms with Crippen LogP contribution in [0.4, 0.5) is 0 Å². The summed E-state index contributed by atoms with van der Waals surface area (Å²) in [6.07, 6.45) is 5.81. The van der Waals surface area contributed by atoms with Gasteiger partial charge in [0.05, 0.1) is 12.9 Å². The standard InChI is InChI=1S/C10H12N3/c1-2-3-7-13-8-12-9-5-4-6-11-10(9)13/h4-8H,2-3H2,1H3. The number of nitrogens with zero attached hydrogens (tertiary/aromatic N) is 3. The van der Waals surface area contributed by atoms with E-state index < -0.39 is 0 Å². The molecule has 0 aliphatic rings. The summed E-state index contributed by atoms with van der Waals surface area (Å²) in [4.78, 5) is 8.50. The normalized spacial score (nSPS) is 10.8. The molecule has 2 aromatic rings. The average molecular weight is 174 g/mol. The molecule has 0 atom stereocenters. The van der Waals surface area contributed by atoms with Crippen LogP contribution in [0.5, 0.6) is 0 Å². The Kier molecular flexibility index (Phi) is 2.25. The molecular weight excluding hydrogens is 162 g/mol. The van der Waals surface area contributed by atoms with E-state index in [2.05, 4.69) is 23.4 Å². The highest BCUT2D eigenvalue weighted by molar-refractivity contribution is 5.70. The molecule has 13 heavy (non-hydrogen) atoms. The molecule has 0 aliphatic carbocycles. The van der Waals surface area contributed by atoms with Crippen molar-refractivity contribution in [2.45, 2.75) is 19.8 Å². The number of aromatic nitrogens is 3. The van der Waals surface area contributed by atoms with Gasteiger partial charge in [0.15, 0.2) is 5.65 Å². The van der Waals surface area contributed by atoms with E-state index in [1.807, 2.05) is 23.0 Å². The van der Waals surface area contributed by atoms with Crippen LogP contribution in [-0.2, 0) is 0 Å². The molecule has 3 nitrogen and oxygen atoms in total. The lowest BCUT2D eigenvalue weighted by Crippen LogP contribution is -1.93. The van der Waals surface area contributed by atoms with Crippen molar-refractivity contribution in [3.8, 4) is 0 Å². The predicted octanol–water partition coefficient (Wildman–Crippen LogP) is 2.24. The minimum atomic E-state index is 0.941. The summed E-state index contributed by atoms with van der Waals surface area (Å²) in [5.41, 5.74) is 1.89. The maximum atomic E-state index is 4.26. The van der Waals surface area contributed by atoms with E-state index in [0.29, 0.717) is 0 Å². The Balaban J connectivity index is 2.35. The van der Waals surface area contributed by atoms with Crippen molar-refractivity contribution in [1.82, 2.24) is 14.5 Å². The van der Waals surface area contributed by atoms with Crippen molar-refractivity contribution in [3.05, 3.63) is 31.2 Å². The minimum absolute atomic E-state index is 0.941. The molecule has 2 aromatic heterocycles. The Bertz CT molecular complexity index is 392. The molecule has 0 saturated heterocycles. The van der Waals surface area contributed by atoms with E-state index >= 15 is 0 Å². The van der Waals surface area contributed by atoms with Gasteiger partial charge in [0, 0.05) is 6.20 Å². The van der Waals surface area contributed by atoms with E-state index in [-0.39, 0.29) is 0 Å². The van der Waals surface area contributed by atoms with Gasteiger partial charge >= 0.3 is 0 Å². The first-order chi connectivity index (χ1) is 6.42. The number of hydrogen-bond acceptors (Lipinski definition) is 2. The van der Waals surface area contributed by atoms with Gasteiger partial charge in [-0.25, -0.2) is 9.97 Å². The summed E-state index contributed by atoms with van der Waals surface area (Å²) >= 11 is 0. The van der Waals surface area contributed by atoms with Crippen LogP contribution in [0, 0.1) is 6.54 Å². The summed E-state index contributed by atoms with van der Waals surface area (Å²) in [5.74, 6) is 0. The molecule has 0 fully saturated rings. The Labute approximate surface area is 77.4 Å². The first-order valence-electron chi connectivity index (χ1n) is 4.52. The second-order valence-electron chi connectivity index (χ2n) is 2.97. The van der Waals surface area contributed by atoms with Gasteiger partial charge in [0.25, 0.3) is 0 Å². The molecule has 0 aliphatic heterocycles. The Morgan fingerprint density at radius 1 is 1.46 bits per heavy atom. The fourth-order valence-electron chi connectivity index (χ4n) is 1.27. The van der Waals surface area contributed by atoms with Gasteiger partial charge in [-0.15, -0.1) is 0 Å². The average Bonchev–Trinajstić information content (AvgIpc) is 2.58. The first-order valence-corrected chi connectivity index (χ1v) is 4.52. The van der Waals surface area contributed by atoms with Crippen molar-refractivity contribution >= 4 is 11.2 Å². The van der Waals surface area contributed by atoms with E-state index in [4.69, 9.17) is 0 Å². The van der Waals surface area contributed by atoms with Gasteiger partial charge in [-0.2, -0.15) is 0 Å². The molecule has 0 aromatic carbocycles. The van der Waals surface area contributed by atoms with E-state index in [1.165, 1.54) is 0 Å². The van der Waals surface area contributed by atoms with Crippen LogP contribution in [0.3, 0.4) is 0 Å². The molecule has 3 heteroatoms. The molecule has 67 valence electrons. The molecule has 2 heterocycles. The molecule has 0 saturated carbocycles. The molecule has 0 N–H and O–H groups in total. The van der Waals surface area contributed by atoms with Crippen molar-refractivity contribution in [2.24, 2.45) is 0 Å². The fourth-order valence-corrected chi connectivity index (χ4v) is 1.27. The third-order valence-corrected chi connectivity index (χ3v) is 1.95. The van der Waals surface area contributed by atoms with Crippen LogP contribution >= 0.6 is 0 Å². The van der Waals surface area contributed by atoms with Gasteiger partial charge in [-0.1, -0.05) is 13.3 Å². The zero-order valence-corrected chi connectivity index (χ0v) is 7.64. The van der Waals surface area contributed by atoms with E-state index in [9.17, 15) is 0 Å². The monoisotopic (exact) mass is 174 g/mol. The zero-order valence-electron chi connectivity index (χ0n) is 7.64. The van der Waals surface area contributed by atoms with Gasteiger partial charge in [0.2, 0.25) is 0 Å². The summed E-state index contributed by atoms with van der Waals surface area (Å²) < 4.78 is 1.98. The van der Waals surface area contributed by atoms with Crippen LogP contribution < -0.4 is 0 Å². The van der Waals surface area contributed by atoms with Gasteiger partial charge in [-0.3, -0.25) is 0 Å². The van der Waals surface area contributed by atoms with Crippen molar-refractivity contribution in [3.63, 3.8) is 0 Å². The molecule has 0 unspecified atom stereocenters. The first kappa shape index (κ1) is 8.23. The second kappa shape index (κ2) is 3.56. The lowest BCUT2D eigenvalue weighted by Gasteiger charge is -1.99. The molecule has 0 amide bonds. The van der Waals surface area contributed by atoms with Crippen molar-refractivity contribution in [1.29, 1.82) is 0 Å². The van der Waals surface area contributed by atoms with E-state index in [0.717, 1.165) is 24.0 Å². The molecule has 2 rings (SSSR count). The van der Waals surface area contributed by atoms with Gasteiger partial charge < -0.3 is 4.57 Å². The van der Waals surface area contributed by atoms with Crippen LogP contribution in [0.2, 0.25) is 0 Å². The van der Waals surface area contributed by atoms with Crippen LogP contribution in [0.1, 0.15) is 19.8 Å². The largest absolute Gasteiger partial charge is 0.310 e. The minimum Gasteiger partial charge on any atom is -0.310 e. The van der Waals surface area contributed by atoms with Gasteiger partial charge in [-0.05, 0) is 18.6 Å². The highest BCUT2D eigenvalue weighted by Gasteiger charge is 2.01. The molecular formula is C10H12N3. The SMILES string of the molecule is CCC[CH]n1cnc2cccnc21. The maximum Gasteiger partial charge on any atom is 0.160 e. The van der Waals surface area contributed by atoms with Crippen LogP contribution in [-0.4, -0.2) is 14.5 Å². The van der Waals surface area contributed by atoms with Crippen molar-refractivity contribution < 1.29 is 0 Å². The summed E-state index contributed by atoms with van der Waals surface area (Å²) in [7, 11) is 0. The van der Waals surface area contributed by atoms with Crippen LogP contribution in [0.25, 0.3) is 11.2 Å². The lowest BCUT2D eigenvalue weighted by atomic mass is 10.3. The Hall–Kier alpha value is -1.38. The molecule has 0 spiro atoms. The molecule has 0 bridgehead atoms. The number of hydrogen-bond donors (Lipinski definition) is 0. The summed E-state index contributed by atoms with van der Waals surface area (Å²) in [5, 5.41) is 0. The predicted molar refractivity (Wildman–Crippen MR) is 52.1 cm³/mol. The lowest BCUT2D eigenvalue weighted by molar-refractivity contribution is 0.806. The highest BCUT2D eigenvalue weighted by atomic mass is 15.1. The fraction of sp³-hybridized carbons (Fsp3) is 0.300.